The lowest BCUT2D eigenvalue weighted by atomic mass is 10.1. The second kappa shape index (κ2) is 7.62. The first kappa shape index (κ1) is 14.4. The van der Waals surface area contributed by atoms with Crippen molar-refractivity contribution in [3.8, 4) is 5.75 Å². The zero-order valence-electron chi connectivity index (χ0n) is 10.3. The Morgan fingerprint density at radius 3 is 2.71 bits per heavy atom. The summed E-state index contributed by atoms with van der Waals surface area (Å²) in [7, 11) is 0. The van der Waals surface area contributed by atoms with Crippen molar-refractivity contribution in [2.75, 3.05) is 6.61 Å². The predicted molar refractivity (Wildman–Crippen MR) is 75.4 cm³/mol. The molecule has 0 atom stereocenters. The van der Waals surface area contributed by atoms with E-state index in [0.29, 0.717) is 16.7 Å². The summed E-state index contributed by atoms with van der Waals surface area (Å²) in [5.74, 6) is 0.780. The van der Waals surface area contributed by atoms with Gasteiger partial charge in [-0.2, -0.15) is 0 Å². The Bertz CT molecular complexity index is 386. The van der Waals surface area contributed by atoms with Gasteiger partial charge in [0.05, 0.1) is 11.6 Å². The number of benzene rings is 1. The highest BCUT2D eigenvalue weighted by Crippen LogP contribution is 2.33. The molecule has 3 heteroatoms. The van der Waals surface area contributed by atoms with E-state index in [4.69, 9.17) is 27.9 Å². The predicted octanol–water partition coefficient (Wildman–Crippen LogP) is 5.29. The fourth-order valence-electron chi connectivity index (χ4n) is 1.57. The lowest BCUT2D eigenvalue weighted by Crippen LogP contribution is -2.00. The fraction of sp³-hybridized carbons (Fsp3) is 0.429. The van der Waals surface area contributed by atoms with E-state index >= 15 is 0 Å². The molecule has 0 bridgehead atoms. The van der Waals surface area contributed by atoms with Gasteiger partial charge in [-0.3, -0.25) is 0 Å². The average Bonchev–Trinajstić information content (AvgIpc) is 2.28. The first-order valence-corrected chi connectivity index (χ1v) is 6.66. The summed E-state index contributed by atoms with van der Waals surface area (Å²) < 4.78 is 5.69. The summed E-state index contributed by atoms with van der Waals surface area (Å²) in [6.07, 6.45) is 6.99. The molecule has 0 N–H and O–H groups in total. The minimum absolute atomic E-state index is 0.599. The maximum Gasteiger partial charge on any atom is 0.141 e. The topological polar surface area (TPSA) is 9.23 Å². The first-order valence-electron chi connectivity index (χ1n) is 5.91. The van der Waals surface area contributed by atoms with Gasteiger partial charge in [0.25, 0.3) is 0 Å². The van der Waals surface area contributed by atoms with Crippen LogP contribution in [-0.4, -0.2) is 6.61 Å². The van der Waals surface area contributed by atoms with Gasteiger partial charge in [0.1, 0.15) is 5.75 Å². The molecule has 1 rings (SSSR count). The monoisotopic (exact) mass is 272 g/mol. The lowest BCUT2D eigenvalue weighted by molar-refractivity contribution is 0.314. The summed E-state index contributed by atoms with van der Waals surface area (Å²) in [4.78, 5) is 0. The SMILES string of the molecule is C/C=C\CCc1cc(Cl)cc(Cl)c1OCCC. The Labute approximate surface area is 113 Å². The molecule has 0 unspecified atom stereocenters. The van der Waals surface area contributed by atoms with Gasteiger partial charge in [-0.05, 0) is 43.9 Å². The Morgan fingerprint density at radius 1 is 1.29 bits per heavy atom. The molecule has 17 heavy (non-hydrogen) atoms. The molecule has 0 heterocycles. The molecular formula is C14H18Cl2O. The zero-order valence-corrected chi connectivity index (χ0v) is 11.8. The van der Waals surface area contributed by atoms with Crippen molar-refractivity contribution >= 4 is 23.2 Å². The average molecular weight is 273 g/mol. The van der Waals surface area contributed by atoms with Crippen LogP contribution in [-0.2, 0) is 6.42 Å². The van der Waals surface area contributed by atoms with Crippen LogP contribution < -0.4 is 4.74 Å². The highest BCUT2D eigenvalue weighted by molar-refractivity contribution is 6.35. The van der Waals surface area contributed by atoms with Gasteiger partial charge in [-0.1, -0.05) is 42.3 Å². The van der Waals surface area contributed by atoms with Gasteiger partial charge in [0.2, 0.25) is 0 Å². The third-order valence-electron chi connectivity index (χ3n) is 2.35. The van der Waals surface area contributed by atoms with Crippen molar-refractivity contribution in [2.24, 2.45) is 0 Å². The molecule has 0 aliphatic rings. The van der Waals surface area contributed by atoms with Gasteiger partial charge >= 0.3 is 0 Å². The van der Waals surface area contributed by atoms with Gasteiger partial charge < -0.3 is 4.74 Å². The standard InChI is InChI=1S/C14H18Cl2O/c1-3-5-6-7-11-9-12(15)10-13(16)14(11)17-8-4-2/h3,5,9-10H,4,6-8H2,1-2H3/b5-3-. The number of hydrogen-bond donors (Lipinski definition) is 0. The van der Waals surface area contributed by atoms with E-state index in [9.17, 15) is 0 Å². The Kier molecular flexibility index (Phi) is 6.46. The van der Waals surface area contributed by atoms with Crippen molar-refractivity contribution in [1.29, 1.82) is 0 Å². The fourth-order valence-corrected chi connectivity index (χ4v) is 2.16. The second-order valence-corrected chi connectivity index (χ2v) is 4.68. The molecule has 0 saturated heterocycles. The smallest absolute Gasteiger partial charge is 0.141 e. The molecule has 0 radical (unpaired) electrons. The summed E-state index contributed by atoms with van der Waals surface area (Å²) in [6, 6.07) is 3.66. The third-order valence-corrected chi connectivity index (χ3v) is 2.85. The van der Waals surface area contributed by atoms with Crippen molar-refractivity contribution < 1.29 is 4.74 Å². The highest BCUT2D eigenvalue weighted by atomic mass is 35.5. The van der Waals surface area contributed by atoms with Crippen LogP contribution in [0.3, 0.4) is 0 Å². The molecule has 0 fully saturated rings. The van der Waals surface area contributed by atoms with Crippen LogP contribution in [0.5, 0.6) is 5.75 Å². The molecule has 0 spiro atoms. The van der Waals surface area contributed by atoms with E-state index < -0.39 is 0 Å². The lowest BCUT2D eigenvalue weighted by Gasteiger charge is -2.12. The van der Waals surface area contributed by atoms with Crippen LogP contribution in [0, 0.1) is 0 Å². The first-order chi connectivity index (χ1) is 8.19. The molecular weight excluding hydrogens is 255 g/mol. The van der Waals surface area contributed by atoms with Crippen LogP contribution in [0.1, 0.15) is 32.3 Å². The Balaban J connectivity index is 2.89. The number of aryl methyl sites for hydroxylation is 1. The molecule has 1 aromatic carbocycles. The summed E-state index contributed by atoms with van der Waals surface area (Å²) in [5, 5.41) is 1.26. The largest absolute Gasteiger partial charge is 0.492 e. The van der Waals surface area contributed by atoms with Crippen molar-refractivity contribution in [3.05, 3.63) is 39.9 Å². The van der Waals surface area contributed by atoms with Crippen LogP contribution >= 0.6 is 23.2 Å². The second-order valence-electron chi connectivity index (χ2n) is 3.83. The van der Waals surface area contributed by atoms with E-state index in [0.717, 1.165) is 30.6 Å². The number of hydrogen-bond acceptors (Lipinski definition) is 1. The van der Waals surface area contributed by atoms with E-state index in [2.05, 4.69) is 13.0 Å². The van der Waals surface area contributed by atoms with Crippen molar-refractivity contribution in [3.63, 3.8) is 0 Å². The number of halogens is 2. The van der Waals surface area contributed by atoms with Crippen molar-refractivity contribution in [1.82, 2.24) is 0 Å². The van der Waals surface area contributed by atoms with Crippen LogP contribution in [0.15, 0.2) is 24.3 Å². The van der Waals surface area contributed by atoms with Crippen LogP contribution in [0.2, 0.25) is 10.0 Å². The maximum atomic E-state index is 6.16. The molecule has 0 saturated carbocycles. The molecule has 1 aromatic rings. The van der Waals surface area contributed by atoms with E-state index in [1.165, 1.54) is 0 Å². The molecule has 0 amide bonds. The van der Waals surface area contributed by atoms with Gasteiger partial charge in [0, 0.05) is 5.02 Å². The van der Waals surface area contributed by atoms with Crippen molar-refractivity contribution in [2.45, 2.75) is 33.1 Å². The summed E-state index contributed by atoms with van der Waals surface area (Å²) in [5.41, 5.74) is 1.08. The normalized spacial score (nSPS) is 11.1. The van der Waals surface area contributed by atoms with Gasteiger partial charge in [0.15, 0.2) is 0 Å². The Morgan fingerprint density at radius 2 is 2.06 bits per heavy atom. The van der Waals surface area contributed by atoms with E-state index in [-0.39, 0.29) is 0 Å². The van der Waals surface area contributed by atoms with Crippen LogP contribution in [0.25, 0.3) is 0 Å². The van der Waals surface area contributed by atoms with E-state index in [1.54, 1.807) is 6.07 Å². The molecule has 94 valence electrons. The van der Waals surface area contributed by atoms with Crippen LogP contribution in [0.4, 0.5) is 0 Å². The molecule has 0 aliphatic carbocycles. The third kappa shape index (κ3) is 4.61. The minimum Gasteiger partial charge on any atom is -0.492 e. The summed E-state index contributed by atoms with van der Waals surface area (Å²) in [6.45, 7) is 4.76. The molecule has 1 nitrogen and oxygen atoms in total. The molecule has 0 aromatic heterocycles. The maximum absolute atomic E-state index is 6.16. The van der Waals surface area contributed by atoms with E-state index in [1.807, 2.05) is 19.1 Å². The molecule has 0 aliphatic heterocycles. The van der Waals surface area contributed by atoms with Gasteiger partial charge in [-0.25, -0.2) is 0 Å². The number of allylic oxidation sites excluding steroid dienone is 2. The minimum atomic E-state index is 0.599. The number of ether oxygens (including phenoxy) is 1. The Hall–Kier alpha value is -0.660. The highest BCUT2D eigenvalue weighted by Gasteiger charge is 2.09. The summed E-state index contributed by atoms with van der Waals surface area (Å²) >= 11 is 12.2. The quantitative estimate of drug-likeness (QED) is 0.640. The van der Waals surface area contributed by atoms with Gasteiger partial charge in [-0.15, -0.1) is 0 Å². The zero-order chi connectivity index (χ0) is 12.7. The number of rotatable bonds is 6.